The third kappa shape index (κ3) is 2.33. The van der Waals surface area contributed by atoms with Gasteiger partial charge in [0.15, 0.2) is 9.84 Å². The van der Waals surface area contributed by atoms with Crippen molar-refractivity contribution in [2.75, 3.05) is 0 Å². The summed E-state index contributed by atoms with van der Waals surface area (Å²) in [6.07, 6.45) is 1.13. The van der Waals surface area contributed by atoms with Gasteiger partial charge in [-0.25, -0.2) is 13.2 Å². The van der Waals surface area contributed by atoms with Gasteiger partial charge in [0.1, 0.15) is 4.21 Å². The molecular formula is C11H10ClNO4S2. The van der Waals surface area contributed by atoms with Crippen LogP contribution in [0.2, 0.25) is 5.02 Å². The molecule has 0 fully saturated rings. The molecule has 0 spiro atoms. The zero-order valence-corrected chi connectivity index (χ0v) is 12.4. The van der Waals surface area contributed by atoms with Crippen LogP contribution < -0.4 is 0 Å². The molecule has 0 aromatic carbocycles. The third-order valence-electron chi connectivity index (χ3n) is 2.59. The van der Waals surface area contributed by atoms with Crippen LogP contribution in [0, 0.1) is 0 Å². The van der Waals surface area contributed by atoms with Gasteiger partial charge in [0.05, 0.1) is 26.1 Å². The maximum Gasteiger partial charge on any atom is 0.338 e. The van der Waals surface area contributed by atoms with Gasteiger partial charge in [-0.15, -0.1) is 11.3 Å². The first kappa shape index (κ1) is 14.2. The van der Waals surface area contributed by atoms with E-state index < -0.39 is 21.1 Å². The van der Waals surface area contributed by atoms with E-state index in [-0.39, 0.29) is 14.8 Å². The molecule has 0 aliphatic carbocycles. The molecule has 102 valence electrons. The third-order valence-corrected chi connectivity index (χ3v) is 6.90. The second-order valence-electron chi connectivity index (χ2n) is 4.16. The van der Waals surface area contributed by atoms with Crippen molar-refractivity contribution < 1.29 is 18.3 Å². The zero-order valence-electron chi connectivity index (χ0n) is 10.0. The molecular weight excluding hydrogens is 310 g/mol. The number of carboxylic acid groups (broad SMARTS) is 1. The molecule has 0 unspecified atom stereocenters. The highest BCUT2D eigenvalue weighted by atomic mass is 35.5. The summed E-state index contributed by atoms with van der Waals surface area (Å²) in [5.41, 5.74) is 0.253. The first-order chi connectivity index (χ1) is 8.75. The van der Waals surface area contributed by atoms with Crippen LogP contribution in [0.15, 0.2) is 16.5 Å². The number of aromatic nitrogens is 1. The molecule has 2 rings (SSSR count). The number of hydrogen-bond donors (Lipinski definition) is 1. The van der Waals surface area contributed by atoms with Gasteiger partial charge < -0.3 is 5.11 Å². The number of hydrogen-bond acceptors (Lipinski definition) is 5. The van der Waals surface area contributed by atoms with E-state index in [4.69, 9.17) is 16.7 Å². The minimum absolute atomic E-state index is 0.0210. The van der Waals surface area contributed by atoms with E-state index in [0.717, 1.165) is 17.5 Å². The Hall–Kier alpha value is -1.18. The van der Waals surface area contributed by atoms with Crippen LogP contribution in [-0.2, 0) is 9.84 Å². The largest absolute Gasteiger partial charge is 0.478 e. The highest BCUT2D eigenvalue weighted by Gasteiger charge is 2.24. The number of carbonyl (C=O) groups is 1. The Bertz CT molecular complexity index is 764. The van der Waals surface area contributed by atoms with Crippen LogP contribution in [0.5, 0.6) is 0 Å². The molecule has 19 heavy (non-hydrogen) atoms. The fourth-order valence-electron chi connectivity index (χ4n) is 1.45. The monoisotopic (exact) mass is 319 g/mol. The lowest BCUT2D eigenvalue weighted by atomic mass is 10.2. The van der Waals surface area contributed by atoms with Crippen LogP contribution in [0.1, 0.15) is 24.2 Å². The van der Waals surface area contributed by atoms with Gasteiger partial charge in [-0.3, -0.25) is 4.98 Å². The molecule has 0 amide bonds. The highest BCUT2D eigenvalue weighted by molar-refractivity contribution is 7.94. The smallest absolute Gasteiger partial charge is 0.338 e. The van der Waals surface area contributed by atoms with Crippen molar-refractivity contribution in [3.63, 3.8) is 0 Å². The Morgan fingerprint density at radius 3 is 2.63 bits per heavy atom. The fraction of sp³-hybridized carbons (Fsp3) is 0.273. The minimum atomic E-state index is -3.42. The van der Waals surface area contributed by atoms with Gasteiger partial charge in [0, 0.05) is 6.20 Å². The lowest BCUT2D eigenvalue weighted by molar-refractivity contribution is 0.0697. The summed E-state index contributed by atoms with van der Waals surface area (Å²) in [7, 11) is -3.42. The van der Waals surface area contributed by atoms with Crippen LogP contribution >= 0.6 is 22.9 Å². The Labute approximate surface area is 118 Å². The summed E-state index contributed by atoms with van der Waals surface area (Å²) < 4.78 is 24.6. The number of pyridine rings is 1. The Balaban J connectivity index is 2.72. The van der Waals surface area contributed by atoms with Gasteiger partial charge >= 0.3 is 5.97 Å². The molecule has 5 nitrogen and oxygen atoms in total. The maximum atomic E-state index is 12.1. The van der Waals surface area contributed by atoms with E-state index in [0.29, 0.717) is 10.2 Å². The van der Waals surface area contributed by atoms with Crippen LogP contribution in [0.3, 0.4) is 0 Å². The van der Waals surface area contributed by atoms with Crippen molar-refractivity contribution in [3.8, 4) is 0 Å². The standard InChI is InChI=1S/C11H10ClNO4S2/c1-5(2)19(16,17)8-3-7-10(18-8)9(12)6(4-13-7)11(14)15/h3-5H,1-2H3,(H,14,15). The molecule has 2 heterocycles. The van der Waals surface area contributed by atoms with Gasteiger partial charge in [-0.05, 0) is 19.9 Å². The predicted molar refractivity (Wildman–Crippen MR) is 73.9 cm³/mol. The number of halogens is 1. The van der Waals surface area contributed by atoms with Crippen molar-refractivity contribution in [2.45, 2.75) is 23.3 Å². The summed E-state index contributed by atoms with van der Waals surface area (Å²) in [4.78, 5) is 14.9. The molecule has 0 bridgehead atoms. The second kappa shape index (κ2) is 4.73. The van der Waals surface area contributed by atoms with Gasteiger partial charge in [-0.1, -0.05) is 11.6 Å². The van der Waals surface area contributed by atoms with Crippen molar-refractivity contribution >= 4 is 49.0 Å². The molecule has 0 saturated heterocycles. The molecule has 0 aliphatic rings. The molecule has 0 aliphatic heterocycles. The topological polar surface area (TPSA) is 84.3 Å². The van der Waals surface area contributed by atoms with Gasteiger partial charge in [0.2, 0.25) is 0 Å². The fourth-order valence-corrected chi connectivity index (χ4v) is 4.61. The lowest BCUT2D eigenvalue weighted by Crippen LogP contribution is -2.12. The molecule has 0 radical (unpaired) electrons. The Morgan fingerprint density at radius 1 is 1.47 bits per heavy atom. The average molecular weight is 320 g/mol. The summed E-state index contributed by atoms with van der Waals surface area (Å²) >= 11 is 6.92. The molecule has 0 atom stereocenters. The minimum Gasteiger partial charge on any atom is -0.478 e. The predicted octanol–water partition coefficient (Wildman–Crippen LogP) is 2.83. The summed E-state index contributed by atoms with van der Waals surface area (Å²) in [6, 6.07) is 1.42. The molecule has 2 aromatic rings. The van der Waals surface area contributed by atoms with E-state index in [1.54, 1.807) is 13.8 Å². The zero-order chi connectivity index (χ0) is 14.4. The summed E-state index contributed by atoms with van der Waals surface area (Å²) in [5, 5.41) is 8.41. The quantitative estimate of drug-likeness (QED) is 0.940. The van der Waals surface area contributed by atoms with Crippen molar-refractivity contribution in [1.82, 2.24) is 4.98 Å². The number of nitrogens with zero attached hydrogens (tertiary/aromatic N) is 1. The molecule has 0 saturated carbocycles. The van der Waals surface area contributed by atoms with Crippen LogP contribution in [0.25, 0.3) is 10.2 Å². The first-order valence-corrected chi connectivity index (χ1v) is 8.04. The average Bonchev–Trinajstić information content (AvgIpc) is 2.74. The molecule has 2 aromatic heterocycles. The number of rotatable bonds is 3. The SMILES string of the molecule is CC(C)S(=O)(=O)c1cc2ncc(C(=O)O)c(Cl)c2s1. The van der Waals surface area contributed by atoms with Gasteiger partial charge in [0.25, 0.3) is 0 Å². The normalized spacial score (nSPS) is 12.2. The number of aromatic carboxylic acids is 1. The van der Waals surface area contributed by atoms with E-state index in [1.807, 2.05) is 0 Å². The van der Waals surface area contributed by atoms with E-state index >= 15 is 0 Å². The lowest BCUT2D eigenvalue weighted by Gasteiger charge is -2.03. The first-order valence-electron chi connectivity index (χ1n) is 5.30. The van der Waals surface area contributed by atoms with E-state index in [1.165, 1.54) is 6.07 Å². The number of fused-ring (bicyclic) bond motifs is 1. The number of thiophene rings is 1. The number of sulfone groups is 1. The number of carboxylic acids is 1. The van der Waals surface area contributed by atoms with E-state index in [9.17, 15) is 13.2 Å². The highest BCUT2D eigenvalue weighted by Crippen LogP contribution is 2.36. The maximum absolute atomic E-state index is 12.1. The Morgan fingerprint density at radius 2 is 2.11 bits per heavy atom. The Kier molecular flexibility index (Phi) is 3.55. The van der Waals surface area contributed by atoms with E-state index in [2.05, 4.69) is 4.98 Å². The van der Waals surface area contributed by atoms with Gasteiger partial charge in [-0.2, -0.15) is 0 Å². The summed E-state index contributed by atoms with van der Waals surface area (Å²) in [5.74, 6) is -1.19. The van der Waals surface area contributed by atoms with Crippen LogP contribution in [0.4, 0.5) is 0 Å². The van der Waals surface area contributed by atoms with Crippen molar-refractivity contribution in [2.24, 2.45) is 0 Å². The second-order valence-corrected chi connectivity index (χ2v) is 8.33. The molecule has 8 heteroatoms. The van der Waals surface area contributed by atoms with Crippen LogP contribution in [-0.4, -0.2) is 29.7 Å². The van der Waals surface area contributed by atoms with Crippen molar-refractivity contribution in [1.29, 1.82) is 0 Å². The summed E-state index contributed by atoms with van der Waals surface area (Å²) in [6.45, 7) is 3.16. The van der Waals surface area contributed by atoms with Crippen molar-refractivity contribution in [3.05, 3.63) is 22.8 Å². The molecule has 1 N–H and O–H groups in total.